The van der Waals surface area contributed by atoms with Crippen LogP contribution in [0.3, 0.4) is 0 Å². The van der Waals surface area contributed by atoms with Gasteiger partial charge in [0.15, 0.2) is 0 Å². The molecule has 0 aromatic rings. The van der Waals surface area contributed by atoms with E-state index in [2.05, 4.69) is 10.7 Å². The second-order valence-corrected chi connectivity index (χ2v) is 6.72. The second kappa shape index (κ2) is 5.79. The van der Waals surface area contributed by atoms with Crippen molar-refractivity contribution < 1.29 is 13.2 Å². The SMILES string of the molecule is CC(C)CN(NC(=O)C1CCCN1)S(C)(=O)=O. The van der Waals surface area contributed by atoms with Crippen molar-refractivity contribution in [3.8, 4) is 0 Å². The van der Waals surface area contributed by atoms with E-state index in [0.29, 0.717) is 0 Å². The van der Waals surface area contributed by atoms with Crippen LogP contribution >= 0.6 is 0 Å². The highest BCUT2D eigenvalue weighted by Gasteiger charge is 2.26. The number of sulfonamides is 1. The van der Waals surface area contributed by atoms with Crippen molar-refractivity contribution in [2.45, 2.75) is 32.7 Å². The summed E-state index contributed by atoms with van der Waals surface area (Å²) in [5.41, 5.74) is 2.47. The first kappa shape index (κ1) is 14.4. The maximum atomic E-state index is 11.8. The summed E-state index contributed by atoms with van der Waals surface area (Å²) in [6.45, 7) is 4.90. The minimum Gasteiger partial charge on any atom is -0.306 e. The van der Waals surface area contributed by atoms with Gasteiger partial charge in [-0.05, 0) is 25.3 Å². The van der Waals surface area contributed by atoms with Crippen molar-refractivity contribution in [3.63, 3.8) is 0 Å². The maximum Gasteiger partial charge on any atom is 0.252 e. The molecule has 17 heavy (non-hydrogen) atoms. The lowest BCUT2D eigenvalue weighted by molar-refractivity contribution is -0.125. The molecule has 0 radical (unpaired) electrons. The van der Waals surface area contributed by atoms with Crippen molar-refractivity contribution >= 4 is 15.9 Å². The van der Waals surface area contributed by atoms with E-state index in [1.165, 1.54) is 0 Å². The van der Waals surface area contributed by atoms with E-state index in [1.807, 2.05) is 13.8 Å². The molecule has 1 aliphatic heterocycles. The van der Waals surface area contributed by atoms with Crippen LogP contribution in [0.1, 0.15) is 26.7 Å². The average Bonchev–Trinajstić information content (AvgIpc) is 2.66. The molecule has 1 atom stereocenters. The van der Waals surface area contributed by atoms with Crippen molar-refractivity contribution in [3.05, 3.63) is 0 Å². The monoisotopic (exact) mass is 263 g/mol. The quantitative estimate of drug-likeness (QED) is 0.667. The predicted molar refractivity (Wildman–Crippen MR) is 65.6 cm³/mol. The molecule has 6 nitrogen and oxygen atoms in total. The fraction of sp³-hybridized carbons (Fsp3) is 0.900. The summed E-state index contributed by atoms with van der Waals surface area (Å²) < 4.78 is 24.0. The zero-order chi connectivity index (χ0) is 13.1. The first-order valence-corrected chi connectivity index (χ1v) is 7.67. The van der Waals surface area contributed by atoms with E-state index in [0.717, 1.165) is 30.1 Å². The molecule has 0 spiro atoms. The standard InChI is InChI=1S/C10H21N3O3S/c1-8(2)7-13(17(3,15)16)12-10(14)9-5-4-6-11-9/h8-9,11H,4-7H2,1-3H3,(H,12,14). The van der Waals surface area contributed by atoms with Crippen molar-refractivity contribution in [2.75, 3.05) is 19.3 Å². The second-order valence-electron chi connectivity index (χ2n) is 4.81. The van der Waals surface area contributed by atoms with Crippen LogP contribution in [-0.4, -0.2) is 44.1 Å². The van der Waals surface area contributed by atoms with Gasteiger partial charge in [-0.25, -0.2) is 8.42 Å². The zero-order valence-electron chi connectivity index (χ0n) is 10.6. The van der Waals surface area contributed by atoms with Gasteiger partial charge in [-0.15, -0.1) is 4.41 Å². The Labute approximate surface area is 103 Å². The first-order chi connectivity index (χ1) is 7.80. The highest BCUT2D eigenvalue weighted by atomic mass is 32.2. The van der Waals surface area contributed by atoms with Gasteiger partial charge in [0, 0.05) is 6.54 Å². The van der Waals surface area contributed by atoms with Crippen molar-refractivity contribution in [2.24, 2.45) is 5.92 Å². The highest BCUT2D eigenvalue weighted by Crippen LogP contribution is 2.07. The van der Waals surface area contributed by atoms with Crippen molar-refractivity contribution in [1.82, 2.24) is 15.2 Å². The number of nitrogens with zero attached hydrogens (tertiary/aromatic N) is 1. The largest absolute Gasteiger partial charge is 0.306 e. The Morgan fingerprint density at radius 1 is 1.53 bits per heavy atom. The molecule has 1 saturated heterocycles. The smallest absolute Gasteiger partial charge is 0.252 e. The van der Waals surface area contributed by atoms with Crippen LogP contribution in [0.15, 0.2) is 0 Å². The van der Waals surface area contributed by atoms with Crippen LogP contribution in [0, 0.1) is 5.92 Å². The predicted octanol–water partition coefficient (Wildman–Crippen LogP) is -0.313. The van der Waals surface area contributed by atoms with Crippen LogP contribution in [0.25, 0.3) is 0 Å². The Kier molecular flexibility index (Phi) is 4.91. The Balaban J connectivity index is 2.62. The third-order valence-corrected chi connectivity index (χ3v) is 3.58. The molecule has 1 aliphatic rings. The number of hydrogen-bond donors (Lipinski definition) is 2. The van der Waals surface area contributed by atoms with E-state index in [4.69, 9.17) is 0 Å². The summed E-state index contributed by atoms with van der Waals surface area (Å²) in [4.78, 5) is 11.8. The minimum absolute atomic E-state index is 0.154. The van der Waals surface area contributed by atoms with Crippen LogP contribution in [0.2, 0.25) is 0 Å². The topological polar surface area (TPSA) is 78.5 Å². The molecular weight excluding hydrogens is 242 g/mol. The Hall–Kier alpha value is -0.660. The van der Waals surface area contributed by atoms with E-state index in [9.17, 15) is 13.2 Å². The van der Waals surface area contributed by atoms with Gasteiger partial charge in [0.1, 0.15) is 0 Å². The lowest BCUT2D eigenvalue weighted by Gasteiger charge is -2.24. The first-order valence-electron chi connectivity index (χ1n) is 5.82. The van der Waals surface area contributed by atoms with Gasteiger partial charge in [-0.3, -0.25) is 10.2 Å². The third-order valence-electron chi connectivity index (χ3n) is 2.54. The molecule has 1 fully saturated rings. The van der Waals surface area contributed by atoms with E-state index >= 15 is 0 Å². The maximum absolute atomic E-state index is 11.8. The number of carbonyl (C=O) groups excluding carboxylic acids is 1. The Morgan fingerprint density at radius 3 is 2.59 bits per heavy atom. The summed E-state index contributed by atoms with van der Waals surface area (Å²) in [6.07, 6.45) is 2.80. The van der Waals surface area contributed by atoms with Crippen LogP contribution in [-0.2, 0) is 14.8 Å². The minimum atomic E-state index is -3.41. The van der Waals surface area contributed by atoms with Gasteiger partial charge in [0.25, 0.3) is 5.91 Å². The fourth-order valence-electron chi connectivity index (χ4n) is 1.70. The third kappa shape index (κ3) is 4.61. The molecule has 0 saturated carbocycles. The number of rotatable bonds is 5. The molecular formula is C10H21N3O3S. The van der Waals surface area contributed by atoms with E-state index in [-0.39, 0.29) is 24.4 Å². The summed E-state index contributed by atoms with van der Waals surface area (Å²) in [5, 5.41) is 3.03. The molecule has 1 unspecified atom stereocenters. The Morgan fingerprint density at radius 2 is 2.18 bits per heavy atom. The molecule has 1 rings (SSSR count). The number of hydrogen-bond acceptors (Lipinski definition) is 4. The molecule has 0 aromatic heterocycles. The molecule has 1 amide bonds. The summed E-state index contributed by atoms with van der Waals surface area (Å²) in [7, 11) is -3.41. The fourth-order valence-corrected chi connectivity index (χ4v) is 2.53. The van der Waals surface area contributed by atoms with Crippen LogP contribution in [0.4, 0.5) is 0 Å². The summed E-state index contributed by atoms with van der Waals surface area (Å²) in [5.74, 6) is -0.116. The number of nitrogens with one attached hydrogen (secondary N) is 2. The zero-order valence-corrected chi connectivity index (χ0v) is 11.4. The van der Waals surface area contributed by atoms with Crippen LogP contribution in [0.5, 0.6) is 0 Å². The highest BCUT2D eigenvalue weighted by molar-refractivity contribution is 7.88. The average molecular weight is 263 g/mol. The van der Waals surface area contributed by atoms with Gasteiger partial charge < -0.3 is 5.32 Å². The summed E-state index contributed by atoms with van der Waals surface area (Å²) >= 11 is 0. The Bertz CT molecular complexity index is 361. The van der Waals surface area contributed by atoms with Crippen LogP contribution < -0.4 is 10.7 Å². The van der Waals surface area contributed by atoms with E-state index in [1.54, 1.807) is 0 Å². The molecule has 1 heterocycles. The molecule has 100 valence electrons. The van der Waals surface area contributed by atoms with Gasteiger partial charge in [-0.1, -0.05) is 13.8 Å². The molecule has 0 bridgehead atoms. The number of amides is 1. The number of hydrazine groups is 1. The molecule has 0 aliphatic carbocycles. The lowest BCUT2D eigenvalue weighted by Crippen LogP contribution is -2.52. The summed E-state index contributed by atoms with van der Waals surface area (Å²) in [6, 6.07) is -0.272. The normalized spacial score (nSPS) is 21.1. The van der Waals surface area contributed by atoms with Gasteiger partial charge in [0.05, 0.1) is 12.3 Å². The van der Waals surface area contributed by atoms with Gasteiger partial charge >= 0.3 is 0 Å². The van der Waals surface area contributed by atoms with Crippen molar-refractivity contribution in [1.29, 1.82) is 0 Å². The molecule has 2 N–H and O–H groups in total. The molecule has 0 aromatic carbocycles. The van der Waals surface area contributed by atoms with E-state index < -0.39 is 10.0 Å². The van der Waals surface area contributed by atoms with Gasteiger partial charge in [-0.2, -0.15) is 0 Å². The lowest BCUT2D eigenvalue weighted by atomic mass is 10.2. The number of carbonyl (C=O) groups is 1. The molecule has 7 heteroatoms. The van der Waals surface area contributed by atoms with Gasteiger partial charge in [0.2, 0.25) is 10.0 Å².